The van der Waals surface area contributed by atoms with Crippen molar-refractivity contribution in [3.8, 4) is 11.1 Å². The highest BCUT2D eigenvalue weighted by atomic mass is 35.5. The molecule has 0 spiro atoms. The van der Waals surface area contributed by atoms with Crippen LogP contribution in [0.25, 0.3) is 22.0 Å². The van der Waals surface area contributed by atoms with Crippen molar-refractivity contribution in [2.45, 2.75) is 18.4 Å². The SMILES string of the molecule is Cc1c(-c2cccc(S(=O)(=O)N(C)C)c2)c2cnccc2n1CC(F)=CCN.Cl.Cl. The molecule has 2 aromatic heterocycles. The third-order valence-electron chi connectivity index (χ3n) is 4.67. The van der Waals surface area contributed by atoms with Gasteiger partial charge in [-0.2, -0.15) is 0 Å². The van der Waals surface area contributed by atoms with E-state index in [0.29, 0.717) is 0 Å². The Labute approximate surface area is 188 Å². The van der Waals surface area contributed by atoms with Gasteiger partial charge in [-0.05, 0) is 36.8 Å². The normalized spacial score (nSPS) is 12.0. The lowest BCUT2D eigenvalue weighted by Crippen LogP contribution is -2.22. The summed E-state index contributed by atoms with van der Waals surface area (Å²) in [6.45, 7) is 2.07. The molecule has 0 amide bonds. The van der Waals surface area contributed by atoms with Crippen molar-refractivity contribution in [2.24, 2.45) is 5.73 Å². The van der Waals surface area contributed by atoms with E-state index in [1.54, 1.807) is 30.6 Å². The predicted octanol–water partition coefficient (Wildman–Crippen LogP) is 3.92. The summed E-state index contributed by atoms with van der Waals surface area (Å²) in [6.07, 6.45) is 4.71. The van der Waals surface area contributed by atoms with Gasteiger partial charge in [-0.3, -0.25) is 4.98 Å². The fourth-order valence-corrected chi connectivity index (χ4v) is 4.21. The highest BCUT2D eigenvalue weighted by Crippen LogP contribution is 2.35. The number of sulfonamides is 1. The quantitative estimate of drug-likeness (QED) is 0.586. The summed E-state index contributed by atoms with van der Waals surface area (Å²) in [4.78, 5) is 4.40. The first-order chi connectivity index (χ1) is 13.3. The molecule has 0 aliphatic rings. The van der Waals surface area contributed by atoms with Gasteiger partial charge in [0, 0.05) is 49.7 Å². The van der Waals surface area contributed by atoms with Gasteiger partial charge in [-0.15, -0.1) is 24.8 Å². The molecule has 0 radical (unpaired) electrons. The lowest BCUT2D eigenvalue weighted by molar-refractivity contribution is 0.521. The molecule has 3 aromatic rings. The van der Waals surface area contributed by atoms with Gasteiger partial charge in [0.05, 0.1) is 17.0 Å². The molecule has 10 heteroatoms. The number of fused-ring (bicyclic) bond motifs is 1. The largest absolute Gasteiger partial charge is 0.337 e. The maximum absolute atomic E-state index is 14.2. The lowest BCUT2D eigenvalue weighted by Gasteiger charge is -2.13. The summed E-state index contributed by atoms with van der Waals surface area (Å²) < 4.78 is 42.3. The number of benzene rings is 1. The first kappa shape index (κ1) is 26.1. The molecular weight excluding hydrogens is 450 g/mol. The maximum atomic E-state index is 14.2. The van der Waals surface area contributed by atoms with Crippen LogP contribution < -0.4 is 5.73 Å². The Balaban J connectivity index is 0.00000225. The second kappa shape index (κ2) is 10.4. The van der Waals surface area contributed by atoms with E-state index >= 15 is 0 Å². The van der Waals surface area contributed by atoms with Gasteiger partial charge in [0.2, 0.25) is 10.0 Å². The summed E-state index contributed by atoms with van der Waals surface area (Å²) in [5.41, 5.74) is 8.63. The fourth-order valence-electron chi connectivity index (χ4n) is 3.26. The number of hydrogen-bond donors (Lipinski definition) is 1. The fraction of sp³-hybridized carbons (Fsp3) is 0.250. The van der Waals surface area contributed by atoms with Crippen molar-refractivity contribution in [1.82, 2.24) is 13.9 Å². The van der Waals surface area contributed by atoms with Crippen LogP contribution in [0, 0.1) is 6.92 Å². The molecule has 0 aliphatic carbocycles. The molecule has 0 unspecified atom stereocenters. The van der Waals surface area contributed by atoms with Crippen LogP contribution in [0.2, 0.25) is 0 Å². The molecule has 3 rings (SSSR count). The van der Waals surface area contributed by atoms with Crippen molar-refractivity contribution < 1.29 is 12.8 Å². The molecule has 0 atom stereocenters. The molecule has 0 bridgehead atoms. The zero-order valence-electron chi connectivity index (χ0n) is 16.9. The van der Waals surface area contributed by atoms with Crippen LogP contribution in [0.5, 0.6) is 0 Å². The number of aromatic nitrogens is 2. The molecule has 2 heterocycles. The average molecular weight is 475 g/mol. The van der Waals surface area contributed by atoms with Gasteiger partial charge in [-0.1, -0.05) is 12.1 Å². The number of nitrogens with zero attached hydrogens (tertiary/aromatic N) is 3. The van der Waals surface area contributed by atoms with E-state index in [0.717, 1.165) is 27.7 Å². The molecule has 2 N–H and O–H groups in total. The number of halogens is 3. The van der Waals surface area contributed by atoms with E-state index in [9.17, 15) is 12.8 Å². The molecule has 30 heavy (non-hydrogen) atoms. The third-order valence-corrected chi connectivity index (χ3v) is 6.49. The number of nitrogens with two attached hydrogens (primary N) is 1. The molecule has 0 fully saturated rings. The van der Waals surface area contributed by atoms with Gasteiger partial charge in [0.15, 0.2) is 0 Å². The van der Waals surface area contributed by atoms with Crippen LogP contribution in [0.3, 0.4) is 0 Å². The summed E-state index contributed by atoms with van der Waals surface area (Å²) in [5, 5.41) is 0.833. The van der Waals surface area contributed by atoms with E-state index in [4.69, 9.17) is 5.73 Å². The molecule has 1 aromatic carbocycles. The molecule has 0 aliphatic heterocycles. The van der Waals surface area contributed by atoms with Crippen LogP contribution in [-0.2, 0) is 16.6 Å². The van der Waals surface area contributed by atoms with Crippen LogP contribution >= 0.6 is 24.8 Å². The van der Waals surface area contributed by atoms with Crippen LogP contribution in [0.4, 0.5) is 4.39 Å². The number of pyridine rings is 1. The minimum atomic E-state index is -3.57. The molecule has 0 saturated carbocycles. The maximum Gasteiger partial charge on any atom is 0.242 e. The second-order valence-electron chi connectivity index (χ2n) is 6.64. The Morgan fingerprint density at radius 1 is 1.27 bits per heavy atom. The lowest BCUT2D eigenvalue weighted by atomic mass is 10.0. The predicted molar refractivity (Wildman–Crippen MR) is 124 cm³/mol. The minimum absolute atomic E-state index is 0. The molecule has 164 valence electrons. The number of hydrogen-bond acceptors (Lipinski definition) is 4. The Kier molecular flexibility index (Phi) is 9.01. The van der Waals surface area contributed by atoms with Crippen LogP contribution in [-0.4, -0.2) is 42.9 Å². The minimum Gasteiger partial charge on any atom is -0.337 e. The highest BCUT2D eigenvalue weighted by Gasteiger charge is 2.21. The van der Waals surface area contributed by atoms with Gasteiger partial charge >= 0.3 is 0 Å². The summed E-state index contributed by atoms with van der Waals surface area (Å²) in [7, 11) is -0.574. The Hall–Kier alpha value is -1.97. The van der Waals surface area contributed by atoms with E-state index in [-0.39, 0.29) is 48.6 Å². The van der Waals surface area contributed by atoms with Gasteiger partial charge in [0.1, 0.15) is 5.83 Å². The van der Waals surface area contributed by atoms with Crippen molar-refractivity contribution >= 4 is 45.7 Å². The smallest absolute Gasteiger partial charge is 0.242 e. The standard InChI is InChI=1S/C20H23FN4O2S.2ClH/c1-14-20(15-5-4-6-17(11-15)28(26,27)24(2)3)18-12-23-10-8-19(18)25(14)13-16(21)7-9-22;;/h4-8,10-12H,9,13,22H2,1-3H3;2*1H. The zero-order chi connectivity index (χ0) is 20.5. The van der Waals surface area contributed by atoms with Gasteiger partial charge in [0.25, 0.3) is 0 Å². The van der Waals surface area contributed by atoms with E-state index < -0.39 is 10.0 Å². The number of rotatable bonds is 6. The topological polar surface area (TPSA) is 81.2 Å². The first-order valence-electron chi connectivity index (χ1n) is 8.77. The van der Waals surface area contributed by atoms with Crippen molar-refractivity contribution in [2.75, 3.05) is 20.6 Å². The summed E-state index contributed by atoms with van der Waals surface area (Å²) in [5.74, 6) is -0.324. The van der Waals surface area contributed by atoms with Crippen molar-refractivity contribution in [3.05, 3.63) is 60.3 Å². The molecule has 0 saturated heterocycles. The van der Waals surface area contributed by atoms with Crippen LogP contribution in [0.15, 0.2) is 59.5 Å². The summed E-state index contributed by atoms with van der Waals surface area (Å²) >= 11 is 0. The average Bonchev–Trinajstić information content (AvgIpc) is 2.94. The molecular formula is C20H25Cl2FN4O2S. The Morgan fingerprint density at radius 3 is 2.60 bits per heavy atom. The van der Waals surface area contributed by atoms with E-state index in [1.807, 2.05) is 23.6 Å². The van der Waals surface area contributed by atoms with E-state index in [1.165, 1.54) is 24.5 Å². The third kappa shape index (κ3) is 4.84. The van der Waals surface area contributed by atoms with E-state index in [2.05, 4.69) is 4.98 Å². The monoisotopic (exact) mass is 474 g/mol. The second-order valence-corrected chi connectivity index (χ2v) is 8.79. The number of allylic oxidation sites excluding steroid dienone is 1. The van der Waals surface area contributed by atoms with Crippen LogP contribution in [0.1, 0.15) is 5.69 Å². The van der Waals surface area contributed by atoms with Gasteiger partial charge < -0.3 is 10.3 Å². The zero-order valence-corrected chi connectivity index (χ0v) is 19.3. The van der Waals surface area contributed by atoms with Crippen molar-refractivity contribution in [3.63, 3.8) is 0 Å². The molecule has 6 nitrogen and oxygen atoms in total. The first-order valence-corrected chi connectivity index (χ1v) is 10.2. The Bertz CT molecular complexity index is 1160. The van der Waals surface area contributed by atoms with Crippen molar-refractivity contribution in [1.29, 1.82) is 0 Å². The van der Waals surface area contributed by atoms with Gasteiger partial charge in [-0.25, -0.2) is 17.1 Å². The highest BCUT2D eigenvalue weighted by molar-refractivity contribution is 7.89. The summed E-state index contributed by atoms with van der Waals surface area (Å²) in [6, 6.07) is 8.58. The Morgan fingerprint density at radius 2 is 1.97 bits per heavy atom.